The summed E-state index contributed by atoms with van der Waals surface area (Å²) in [5, 5.41) is 13.9. The molecular weight excluding hydrogens is 426 g/mol. The zero-order chi connectivity index (χ0) is 23.2. The Morgan fingerprint density at radius 2 is 2.00 bits per heavy atom. The van der Waals surface area contributed by atoms with Crippen LogP contribution >= 0.6 is 0 Å². The monoisotopic (exact) mass is 451 g/mol. The van der Waals surface area contributed by atoms with Crippen molar-refractivity contribution in [1.29, 1.82) is 0 Å². The van der Waals surface area contributed by atoms with Gasteiger partial charge < -0.3 is 24.9 Å². The van der Waals surface area contributed by atoms with Crippen molar-refractivity contribution in [2.45, 2.75) is 19.6 Å². The number of nitro groups is 1. The molecule has 1 amide bonds. The van der Waals surface area contributed by atoms with Gasteiger partial charge in [-0.25, -0.2) is 0 Å². The Bertz CT molecular complexity index is 1130. The van der Waals surface area contributed by atoms with Crippen molar-refractivity contribution in [3.63, 3.8) is 0 Å². The molecule has 0 fully saturated rings. The number of hydrogen-bond donors (Lipinski definition) is 1. The summed E-state index contributed by atoms with van der Waals surface area (Å²) in [5.74, 6) is 0.403. The predicted molar refractivity (Wildman–Crippen MR) is 120 cm³/mol. The Balaban J connectivity index is 1.31. The summed E-state index contributed by atoms with van der Waals surface area (Å²) < 4.78 is 12.5. The third-order valence-corrected chi connectivity index (χ3v) is 5.42. The van der Waals surface area contributed by atoms with Crippen molar-refractivity contribution in [3.8, 4) is 11.8 Å². The topological polar surface area (TPSA) is 112 Å². The number of methoxy groups -OCH3 is 1. The van der Waals surface area contributed by atoms with Crippen LogP contribution in [0.5, 0.6) is 11.8 Å². The zero-order valence-electron chi connectivity index (χ0n) is 18.3. The predicted octanol–water partition coefficient (Wildman–Crippen LogP) is 2.62. The second-order valence-corrected chi connectivity index (χ2v) is 7.69. The van der Waals surface area contributed by atoms with Gasteiger partial charge in [-0.15, -0.1) is 0 Å². The maximum absolute atomic E-state index is 12.5. The van der Waals surface area contributed by atoms with Crippen LogP contribution in [0.1, 0.15) is 21.5 Å². The largest absolute Gasteiger partial charge is 0.497 e. The molecule has 1 aromatic heterocycles. The number of carbonyl (C=O) groups excluding carboxylic acids is 1. The normalized spacial score (nSPS) is 13.8. The first-order chi connectivity index (χ1) is 16.0. The second kappa shape index (κ2) is 10.1. The Kier molecular flexibility index (Phi) is 6.84. The van der Waals surface area contributed by atoms with Gasteiger partial charge in [0.05, 0.1) is 7.11 Å². The van der Waals surface area contributed by atoms with E-state index in [1.165, 1.54) is 6.20 Å². The Labute approximate surface area is 190 Å². The Morgan fingerprint density at radius 1 is 1.18 bits per heavy atom. The van der Waals surface area contributed by atoms with Gasteiger partial charge in [0.2, 0.25) is 0 Å². The average molecular weight is 451 g/mol. The molecule has 4 rings (SSSR count). The maximum atomic E-state index is 12.5. The van der Waals surface area contributed by atoms with Crippen LogP contribution in [0.15, 0.2) is 54.7 Å². The van der Waals surface area contributed by atoms with E-state index in [9.17, 15) is 14.9 Å². The average Bonchev–Trinajstić information content (AvgIpc) is 3.22. The Hall–Kier alpha value is -3.92. The minimum absolute atomic E-state index is 0.140. The van der Waals surface area contributed by atoms with Gasteiger partial charge >= 0.3 is 11.8 Å². The van der Waals surface area contributed by atoms with Crippen molar-refractivity contribution in [1.82, 2.24) is 19.8 Å². The summed E-state index contributed by atoms with van der Waals surface area (Å²) in [5.41, 5.74) is 2.62. The molecule has 0 saturated heterocycles. The van der Waals surface area contributed by atoms with Gasteiger partial charge in [-0.1, -0.05) is 24.3 Å². The number of nitrogens with zero attached hydrogens (tertiary/aromatic N) is 4. The minimum atomic E-state index is -0.520. The molecule has 10 nitrogen and oxygen atoms in total. The van der Waals surface area contributed by atoms with Crippen LogP contribution in [0.4, 0.5) is 5.82 Å². The van der Waals surface area contributed by atoms with E-state index in [1.807, 2.05) is 48.5 Å². The molecule has 0 radical (unpaired) electrons. The molecule has 10 heteroatoms. The maximum Gasteiger partial charge on any atom is 0.414 e. The van der Waals surface area contributed by atoms with Gasteiger partial charge in [0.1, 0.15) is 18.6 Å². The molecule has 0 unspecified atom stereocenters. The molecular formula is C23H25N5O5. The number of rotatable bonds is 7. The van der Waals surface area contributed by atoms with Gasteiger partial charge in [-0.2, -0.15) is 0 Å². The van der Waals surface area contributed by atoms with Crippen LogP contribution in [-0.4, -0.2) is 52.1 Å². The number of amides is 1. The fourth-order valence-corrected chi connectivity index (χ4v) is 3.62. The first kappa shape index (κ1) is 22.3. The van der Waals surface area contributed by atoms with E-state index >= 15 is 0 Å². The summed E-state index contributed by atoms with van der Waals surface area (Å²) in [6.07, 6.45) is 1.40. The molecule has 0 atom stereocenters. The zero-order valence-corrected chi connectivity index (χ0v) is 18.3. The number of hydrogen-bond acceptors (Lipinski definition) is 7. The minimum Gasteiger partial charge on any atom is -0.497 e. The molecule has 2 heterocycles. The number of fused-ring (bicyclic) bond motifs is 1. The van der Waals surface area contributed by atoms with Gasteiger partial charge in [-0.05, 0) is 40.3 Å². The molecule has 1 N–H and O–H groups in total. The number of nitrogens with one attached hydrogen (secondary N) is 1. The van der Waals surface area contributed by atoms with Crippen molar-refractivity contribution < 1.29 is 19.2 Å². The van der Waals surface area contributed by atoms with Crippen molar-refractivity contribution in [2.24, 2.45) is 0 Å². The van der Waals surface area contributed by atoms with Crippen LogP contribution in [0, 0.1) is 10.1 Å². The van der Waals surface area contributed by atoms with Crippen molar-refractivity contribution >= 4 is 11.7 Å². The molecule has 0 bridgehead atoms. The van der Waals surface area contributed by atoms with Gasteiger partial charge in [-0.3, -0.25) is 14.3 Å². The van der Waals surface area contributed by atoms with Crippen LogP contribution < -0.4 is 14.8 Å². The van der Waals surface area contributed by atoms with Crippen LogP contribution in [0.25, 0.3) is 0 Å². The number of imidazole rings is 1. The number of aromatic nitrogens is 2. The van der Waals surface area contributed by atoms with Crippen LogP contribution in [0.2, 0.25) is 0 Å². The third-order valence-electron chi connectivity index (χ3n) is 5.42. The molecule has 1 aliphatic rings. The van der Waals surface area contributed by atoms with Crippen molar-refractivity contribution in [3.05, 3.63) is 81.5 Å². The lowest BCUT2D eigenvalue weighted by Crippen LogP contribution is -2.33. The third kappa shape index (κ3) is 5.66. The van der Waals surface area contributed by atoms with Crippen LogP contribution in [0.3, 0.4) is 0 Å². The molecule has 172 valence electrons. The molecule has 0 spiro atoms. The molecule has 1 aliphatic heterocycles. The SMILES string of the molecule is COc1cccc(CNC(=O)c2ccc(CN3CCOc4nc([N+](=O)[O-])cn4CC3)cc2)c1. The quantitative estimate of drug-likeness (QED) is 0.434. The summed E-state index contributed by atoms with van der Waals surface area (Å²) in [6.45, 7) is 3.40. The summed E-state index contributed by atoms with van der Waals surface area (Å²) >= 11 is 0. The smallest absolute Gasteiger partial charge is 0.414 e. The molecule has 3 aromatic rings. The first-order valence-electron chi connectivity index (χ1n) is 10.6. The van der Waals surface area contributed by atoms with E-state index in [4.69, 9.17) is 9.47 Å². The molecule has 0 aliphatic carbocycles. The summed E-state index contributed by atoms with van der Waals surface area (Å²) in [7, 11) is 1.61. The van der Waals surface area contributed by atoms with Gasteiger partial charge in [0.15, 0.2) is 0 Å². The highest BCUT2D eigenvalue weighted by molar-refractivity contribution is 5.94. The van der Waals surface area contributed by atoms with E-state index in [0.29, 0.717) is 44.9 Å². The number of carbonyl (C=O) groups is 1. The Morgan fingerprint density at radius 3 is 2.76 bits per heavy atom. The highest BCUT2D eigenvalue weighted by Gasteiger charge is 2.22. The van der Waals surface area contributed by atoms with Crippen molar-refractivity contribution in [2.75, 3.05) is 26.8 Å². The van der Waals surface area contributed by atoms with E-state index in [2.05, 4.69) is 15.2 Å². The lowest BCUT2D eigenvalue weighted by Gasteiger charge is -2.24. The fourth-order valence-electron chi connectivity index (χ4n) is 3.62. The number of ether oxygens (including phenoxy) is 2. The summed E-state index contributed by atoms with van der Waals surface area (Å²) in [4.78, 5) is 29.0. The highest BCUT2D eigenvalue weighted by atomic mass is 16.6. The second-order valence-electron chi connectivity index (χ2n) is 7.69. The summed E-state index contributed by atoms with van der Waals surface area (Å²) in [6, 6.07) is 15.4. The lowest BCUT2D eigenvalue weighted by molar-refractivity contribution is -0.389. The first-order valence-corrected chi connectivity index (χ1v) is 10.6. The van der Waals surface area contributed by atoms with Crippen LogP contribution in [-0.2, 0) is 19.6 Å². The molecule has 2 aromatic carbocycles. The fraction of sp³-hybridized carbons (Fsp3) is 0.304. The van der Waals surface area contributed by atoms with E-state index in [1.54, 1.807) is 11.7 Å². The molecule has 33 heavy (non-hydrogen) atoms. The standard InChI is InChI=1S/C23H25N5O5/c1-32-20-4-2-3-18(13-20)14-24-22(29)19-7-5-17(6-8-19)15-26-9-10-27-16-21(28(30)31)25-23(27)33-12-11-26/h2-8,13,16H,9-12,14-15H2,1H3,(H,24,29). The lowest BCUT2D eigenvalue weighted by atomic mass is 10.1. The highest BCUT2D eigenvalue weighted by Crippen LogP contribution is 2.19. The van der Waals surface area contributed by atoms with Gasteiger partial charge in [0, 0.05) is 43.3 Å². The molecule has 0 saturated carbocycles. The number of benzene rings is 2. The van der Waals surface area contributed by atoms with E-state index < -0.39 is 4.92 Å². The van der Waals surface area contributed by atoms with Gasteiger partial charge in [0.25, 0.3) is 5.91 Å². The van der Waals surface area contributed by atoms with E-state index in [0.717, 1.165) is 16.9 Å². The van der Waals surface area contributed by atoms with E-state index in [-0.39, 0.29) is 17.7 Å².